The number of rotatable bonds is 3. The quantitative estimate of drug-likeness (QED) is 0.832. The number of benzene rings is 1. The highest BCUT2D eigenvalue weighted by Gasteiger charge is 2.54. The molecule has 2 atom stereocenters. The Morgan fingerprint density at radius 3 is 2.65 bits per heavy atom. The van der Waals surface area contributed by atoms with Gasteiger partial charge in [-0.15, -0.1) is 0 Å². The summed E-state index contributed by atoms with van der Waals surface area (Å²) in [5.41, 5.74) is 1.13. The number of carbonyl (C=O) groups excluding carboxylic acids is 2. The fourth-order valence-electron chi connectivity index (χ4n) is 3.71. The maximum absolute atomic E-state index is 14.3. The number of fused-ring (bicyclic) bond motifs is 3. The largest absolute Gasteiger partial charge is 0.328 e. The molecule has 2 unspecified atom stereocenters. The highest BCUT2D eigenvalue weighted by Crippen LogP contribution is 2.37. The van der Waals surface area contributed by atoms with Crippen LogP contribution in [0.5, 0.6) is 0 Å². The van der Waals surface area contributed by atoms with Gasteiger partial charge in [0.25, 0.3) is 5.91 Å². The van der Waals surface area contributed by atoms with Crippen LogP contribution in [0.1, 0.15) is 20.3 Å². The molecule has 136 valence electrons. The van der Waals surface area contributed by atoms with E-state index in [9.17, 15) is 14.0 Å². The van der Waals surface area contributed by atoms with Crippen molar-refractivity contribution in [2.75, 3.05) is 18.5 Å². The number of anilines is 1. The number of allylic oxidation sites excluding steroid dienone is 1. The second kappa shape index (κ2) is 5.82. The number of urea groups is 1. The lowest BCUT2D eigenvalue weighted by atomic mass is 10.1. The zero-order chi connectivity index (χ0) is 18.6. The van der Waals surface area contributed by atoms with Crippen molar-refractivity contribution in [3.05, 3.63) is 42.0 Å². The summed E-state index contributed by atoms with van der Waals surface area (Å²) in [5, 5.41) is 0. The number of aliphatic imine (C=N–C) groups is 1. The molecule has 0 aliphatic carbocycles. The normalized spacial score (nSPS) is 24.8. The fraction of sp³-hybridized carbons (Fsp3) is 0.389. The van der Waals surface area contributed by atoms with Crippen molar-refractivity contribution < 1.29 is 14.0 Å². The molecule has 3 aliphatic heterocycles. The predicted octanol–water partition coefficient (Wildman–Crippen LogP) is 2.18. The summed E-state index contributed by atoms with van der Waals surface area (Å²) in [6, 6.07) is 5.47. The molecule has 0 bridgehead atoms. The minimum atomic E-state index is -0.619. The molecular formula is C18H20FN5O2. The Hall–Kier alpha value is -2.90. The average Bonchev–Trinajstić information content (AvgIpc) is 3.12. The van der Waals surface area contributed by atoms with Gasteiger partial charge in [-0.25, -0.2) is 14.2 Å². The molecule has 3 heterocycles. The van der Waals surface area contributed by atoms with Crippen LogP contribution in [0.4, 0.5) is 14.9 Å². The number of hydrogen-bond donors (Lipinski definition) is 0. The first-order valence-electron chi connectivity index (χ1n) is 8.63. The third kappa shape index (κ3) is 2.14. The molecule has 0 N–H and O–H groups in total. The number of halogens is 1. The van der Waals surface area contributed by atoms with Crippen LogP contribution >= 0.6 is 0 Å². The number of hydrogen-bond acceptors (Lipinski definition) is 5. The Labute approximate surface area is 151 Å². The molecule has 0 radical (unpaired) electrons. The SMILES string of the molecule is CCCN1C(=O)C2C(N=C3N(c4ccccc4F)C(C)=CN32)N(C)C1=O. The molecule has 1 fully saturated rings. The summed E-state index contributed by atoms with van der Waals surface area (Å²) in [6.07, 6.45) is 1.87. The second-order valence-corrected chi connectivity index (χ2v) is 6.64. The molecule has 1 aromatic carbocycles. The minimum Gasteiger partial charge on any atom is -0.302 e. The van der Waals surface area contributed by atoms with Crippen LogP contribution in [0.3, 0.4) is 0 Å². The third-order valence-electron chi connectivity index (χ3n) is 4.93. The summed E-state index contributed by atoms with van der Waals surface area (Å²) < 4.78 is 14.3. The smallest absolute Gasteiger partial charge is 0.302 e. The first kappa shape index (κ1) is 16.6. The summed E-state index contributed by atoms with van der Waals surface area (Å²) in [7, 11) is 1.64. The van der Waals surface area contributed by atoms with Crippen molar-refractivity contribution in [3.8, 4) is 0 Å². The molecule has 0 saturated carbocycles. The van der Waals surface area contributed by atoms with E-state index in [1.54, 1.807) is 41.2 Å². The molecule has 3 aliphatic rings. The molecule has 0 aromatic heterocycles. The van der Waals surface area contributed by atoms with Crippen LogP contribution in [0.15, 0.2) is 41.2 Å². The van der Waals surface area contributed by atoms with Crippen molar-refractivity contribution in [3.63, 3.8) is 0 Å². The highest BCUT2D eigenvalue weighted by atomic mass is 19.1. The van der Waals surface area contributed by atoms with Gasteiger partial charge in [0.15, 0.2) is 12.2 Å². The summed E-state index contributed by atoms with van der Waals surface area (Å²) in [5.74, 6) is -0.171. The fourth-order valence-corrected chi connectivity index (χ4v) is 3.71. The first-order valence-corrected chi connectivity index (χ1v) is 8.63. The maximum Gasteiger partial charge on any atom is 0.328 e. The molecule has 0 spiro atoms. The van der Waals surface area contributed by atoms with Gasteiger partial charge in [-0.3, -0.25) is 14.6 Å². The number of likely N-dealkylation sites (N-methyl/N-ethyl adjacent to an activating group) is 1. The van der Waals surface area contributed by atoms with Gasteiger partial charge in [0.2, 0.25) is 5.96 Å². The third-order valence-corrected chi connectivity index (χ3v) is 4.93. The summed E-state index contributed by atoms with van der Waals surface area (Å²) in [6.45, 7) is 4.13. The van der Waals surface area contributed by atoms with Crippen LogP contribution < -0.4 is 4.90 Å². The lowest BCUT2D eigenvalue weighted by Crippen LogP contribution is -2.64. The van der Waals surface area contributed by atoms with Crippen molar-refractivity contribution in [2.24, 2.45) is 4.99 Å². The monoisotopic (exact) mass is 357 g/mol. The molecule has 26 heavy (non-hydrogen) atoms. The van der Waals surface area contributed by atoms with E-state index in [-0.39, 0.29) is 17.8 Å². The lowest BCUT2D eigenvalue weighted by Gasteiger charge is -2.40. The van der Waals surface area contributed by atoms with E-state index in [0.717, 1.165) is 5.70 Å². The number of para-hydroxylation sites is 1. The van der Waals surface area contributed by atoms with Gasteiger partial charge in [0.05, 0.1) is 5.69 Å². The molecular weight excluding hydrogens is 337 g/mol. The van der Waals surface area contributed by atoms with Crippen LogP contribution in [-0.4, -0.2) is 58.4 Å². The van der Waals surface area contributed by atoms with Crippen molar-refractivity contribution in [1.82, 2.24) is 14.7 Å². The first-order chi connectivity index (χ1) is 12.5. The molecule has 1 saturated heterocycles. The van der Waals surface area contributed by atoms with Gasteiger partial charge in [-0.2, -0.15) is 0 Å². The zero-order valence-electron chi connectivity index (χ0n) is 14.9. The maximum atomic E-state index is 14.3. The van der Waals surface area contributed by atoms with Crippen LogP contribution in [0, 0.1) is 5.82 Å². The second-order valence-electron chi connectivity index (χ2n) is 6.64. The number of nitrogens with zero attached hydrogens (tertiary/aromatic N) is 5. The topological polar surface area (TPSA) is 59.5 Å². The van der Waals surface area contributed by atoms with Gasteiger partial charge in [-0.1, -0.05) is 19.1 Å². The van der Waals surface area contributed by atoms with E-state index < -0.39 is 12.2 Å². The van der Waals surface area contributed by atoms with Crippen molar-refractivity contribution in [2.45, 2.75) is 32.5 Å². The molecule has 1 aromatic rings. The Morgan fingerprint density at radius 2 is 1.96 bits per heavy atom. The van der Waals surface area contributed by atoms with Gasteiger partial charge >= 0.3 is 6.03 Å². The number of amides is 3. The lowest BCUT2D eigenvalue weighted by molar-refractivity contribution is -0.136. The number of carbonyl (C=O) groups is 2. The van der Waals surface area contributed by atoms with E-state index in [2.05, 4.69) is 4.99 Å². The number of guanidine groups is 1. The van der Waals surface area contributed by atoms with Crippen molar-refractivity contribution in [1.29, 1.82) is 0 Å². The van der Waals surface area contributed by atoms with E-state index in [1.807, 2.05) is 13.8 Å². The van der Waals surface area contributed by atoms with Gasteiger partial charge < -0.3 is 9.80 Å². The standard InChI is InChI=1S/C18H20FN5O2/c1-4-9-22-16(25)14-15(21(3)18(22)26)20-17-23(14)10-11(2)24(17)13-8-6-5-7-12(13)19/h5-8,10,14-15H,4,9H2,1-3H3. The zero-order valence-corrected chi connectivity index (χ0v) is 14.9. The highest BCUT2D eigenvalue weighted by molar-refractivity contribution is 6.09. The molecule has 3 amide bonds. The minimum absolute atomic E-state index is 0.266. The predicted molar refractivity (Wildman–Crippen MR) is 94.6 cm³/mol. The van der Waals surface area contributed by atoms with Gasteiger partial charge in [0.1, 0.15) is 5.82 Å². The van der Waals surface area contributed by atoms with Crippen molar-refractivity contribution >= 4 is 23.6 Å². The average molecular weight is 357 g/mol. The molecule has 4 rings (SSSR count). The van der Waals surface area contributed by atoms with Crippen LogP contribution in [0.25, 0.3) is 0 Å². The Bertz CT molecular complexity index is 852. The summed E-state index contributed by atoms with van der Waals surface area (Å²) in [4.78, 5) is 36.3. The van der Waals surface area contributed by atoms with E-state index >= 15 is 0 Å². The van der Waals surface area contributed by atoms with Crippen LogP contribution in [0.2, 0.25) is 0 Å². The van der Waals surface area contributed by atoms with E-state index in [0.29, 0.717) is 24.6 Å². The molecule has 8 heteroatoms. The van der Waals surface area contributed by atoms with Crippen LogP contribution in [-0.2, 0) is 4.79 Å². The Kier molecular flexibility index (Phi) is 3.71. The Balaban J connectivity index is 1.75. The Morgan fingerprint density at radius 1 is 1.23 bits per heavy atom. The van der Waals surface area contributed by atoms with Gasteiger partial charge in [0, 0.05) is 25.5 Å². The van der Waals surface area contributed by atoms with Gasteiger partial charge in [-0.05, 0) is 25.5 Å². The molecule has 7 nitrogen and oxygen atoms in total. The van der Waals surface area contributed by atoms with E-state index in [4.69, 9.17) is 0 Å². The van der Waals surface area contributed by atoms with E-state index in [1.165, 1.54) is 15.9 Å². The number of imide groups is 1. The summed E-state index contributed by atoms with van der Waals surface area (Å²) >= 11 is 0.